The van der Waals surface area contributed by atoms with E-state index in [9.17, 15) is 0 Å². The molecule has 0 bridgehead atoms. The normalized spacial score (nSPS) is 28.5. The van der Waals surface area contributed by atoms with Crippen LogP contribution < -0.4 is 5.32 Å². The van der Waals surface area contributed by atoms with Crippen molar-refractivity contribution in [2.24, 2.45) is 11.8 Å². The summed E-state index contributed by atoms with van der Waals surface area (Å²) in [5.41, 5.74) is 0. The molecular weight excluding hydrogens is 226 g/mol. The molecule has 3 nitrogen and oxygen atoms in total. The average Bonchev–Trinajstić information content (AvgIpc) is 2.37. The summed E-state index contributed by atoms with van der Waals surface area (Å²) in [7, 11) is 1.72. The van der Waals surface area contributed by atoms with E-state index in [1.165, 1.54) is 32.1 Å². The van der Waals surface area contributed by atoms with Crippen molar-refractivity contribution in [3.63, 3.8) is 0 Å². The van der Waals surface area contributed by atoms with E-state index in [1.807, 2.05) is 0 Å². The minimum absolute atomic E-state index is 0.707. The Morgan fingerprint density at radius 1 is 1.17 bits per heavy atom. The second-order valence-corrected chi connectivity index (χ2v) is 5.63. The molecular formula is C15H31NO2. The van der Waals surface area contributed by atoms with Gasteiger partial charge in [-0.25, -0.2) is 0 Å². The summed E-state index contributed by atoms with van der Waals surface area (Å²) < 4.78 is 10.6. The van der Waals surface area contributed by atoms with E-state index < -0.39 is 0 Å². The first-order chi connectivity index (χ1) is 8.77. The summed E-state index contributed by atoms with van der Waals surface area (Å²) in [5.74, 6) is 1.68. The maximum absolute atomic E-state index is 5.61. The van der Waals surface area contributed by atoms with Crippen molar-refractivity contribution in [3.05, 3.63) is 0 Å². The molecule has 108 valence electrons. The maximum Gasteiger partial charge on any atom is 0.0700 e. The van der Waals surface area contributed by atoms with Gasteiger partial charge in [0.15, 0.2) is 0 Å². The highest BCUT2D eigenvalue weighted by atomic mass is 16.5. The first kappa shape index (κ1) is 15.9. The Balaban J connectivity index is 2.23. The Kier molecular flexibility index (Phi) is 8.64. The molecule has 1 N–H and O–H groups in total. The van der Waals surface area contributed by atoms with E-state index in [1.54, 1.807) is 7.11 Å². The Hall–Kier alpha value is -0.120. The number of hydrogen-bond donors (Lipinski definition) is 1. The SMILES string of the molecule is CCCNC1CCC(C)CC1CCOCCOC. The van der Waals surface area contributed by atoms with Crippen LogP contribution in [0.1, 0.15) is 46.0 Å². The van der Waals surface area contributed by atoms with Gasteiger partial charge in [-0.1, -0.05) is 13.8 Å². The molecule has 0 saturated heterocycles. The van der Waals surface area contributed by atoms with Crippen LogP contribution in [0.25, 0.3) is 0 Å². The lowest BCUT2D eigenvalue weighted by Crippen LogP contribution is -2.41. The second kappa shape index (κ2) is 9.76. The smallest absolute Gasteiger partial charge is 0.0700 e. The fourth-order valence-corrected chi connectivity index (χ4v) is 2.90. The van der Waals surface area contributed by atoms with Gasteiger partial charge in [0.2, 0.25) is 0 Å². The van der Waals surface area contributed by atoms with Crippen LogP contribution in [0.5, 0.6) is 0 Å². The molecule has 0 radical (unpaired) electrons. The van der Waals surface area contributed by atoms with Crippen molar-refractivity contribution in [3.8, 4) is 0 Å². The molecule has 0 aromatic rings. The van der Waals surface area contributed by atoms with Crippen LogP contribution >= 0.6 is 0 Å². The highest BCUT2D eigenvalue weighted by Crippen LogP contribution is 2.31. The molecule has 1 aliphatic rings. The maximum atomic E-state index is 5.61. The number of rotatable bonds is 9. The lowest BCUT2D eigenvalue weighted by Gasteiger charge is -2.35. The van der Waals surface area contributed by atoms with E-state index in [2.05, 4.69) is 19.2 Å². The van der Waals surface area contributed by atoms with Crippen molar-refractivity contribution >= 4 is 0 Å². The highest BCUT2D eigenvalue weighted by molar-refractivity contribution is 4.83. The second-order valence-electron chi connectivity index (χ2n) is 5.63. The van der Waals surface area contributed by atoms with Gasteiger partial charge in [-0.15, -0.1) is 0 Å². The van der Waals surface area contributed by atoms with Crippen LogP contribution in [0.3, 0.4) is 0 Å². The summed E-state index contributed by atoms with van der Waals surface area (Å²) in [6.45, 7) is 8.09. The third-order valence-electron chi connectivity index (χ3n) is 3.97. The van der Waals surface area contributed by atoms with E-state index in [0.29, 0.717) is 12.6 Å². The van der Waals surface area contributed by atoms with Gasteiger partial charge in [0, 0.05) is 19.8 Å². The molecule has 1 rings (SSSR count). The van der Waals surface area contributed by atoms with Crippen molar-refractivity contribution in [2.45, 2.75) is 52.0 Å². The molecule has 0 spiro atoms. The molecule has 3 unspecified atom stereocenters. The summed E-state index contributed by atoms with van der Waals surface area (Å²) in [6.07, 6.45) is 6.49. The zero-order chi connectivity index (χ0) is 13.2. The van der Waals surface area contributed by atoms with Crippen LogP contribution in [0.4, 0.5) is 0 Å². The number of methoxy groups -OCH3 is 1. The van der Waals surface area contributed by atoms with Gasteiger partial charge < -0.3 is 14.8 Å². The van der Waals surface area contributed by atoms with Crippen LogP contribution in [-0.2, 0) is 9.47 Å². The third-order valence-corrected chi connectivity index (χ3v) is 3.97. The topological polar surface area (TPSA) is 30.5 Å². The molecule has 0 aromatic carbocycles. The predicted molar refractivity (Wildman–Crippen MR) is 75.9 cm³/mol. The van der Waals surface area contributed by atoms with Gasteiger partial charge in [0.25, 0.3) is 0 Å². The van der Waals surface area contributed by atoms with Gasteiger partial charge in [0.1, 0.15) is 0 Å². The van der Waals surface area contributed by atoms with Crippen molar-refractivity contribution in [1.82, 2.24) is 5.32 Å². The summed E-state index contributed by atoms with van der Waals surface area (Å²) in [4.78, 5) is 0. The van der Waals surface area contributed by atoms with Gasteiger partial charge in [-0.2, -0.15) is 0 Å². The summed E-state index contributed by atoms with van der Waals surface area (Å²) in [6, 6.07) is 0.715. The molecule has 1 saturated carbocycles. The molecule has 3 heteroatoms. The Morgan fingerprint density at radius 3 is 2.72 bits per heavy atom. The third kappa shape index (κ3) is 6.17. The van der Waals surface area contributed by atoms with Crippen molar-refractivity contribution < 1.29 is 9.47 Å². The fourth-order valence-electron chi connectivity index (χ4n) is 2.90. The Labute approximate surface area is 113 Å². The van der Waals surface area contributed by atoms with Crippen LogP contribution in [-0.4, -0.2) is 39.5 Å². The van der Waals surface area contributed by atoms with Crippen LogP contribution in [0.2, 0.25) is 0 Å². The van der Waals surface area contributed by atoms with Gasteiger partial charge in [-0.3, -0.25) is 0 Å². The highest BCUT2D eigenvalue weighted by Gasteiger charge is 2.27. The number of nitrogens with one attached hydrogen (secondary N) is 1. The first-order valence-electron chi connectivity index (χ1n) is 7.58. The zero-order valence-electron chi connectivity index (χ0n) is 12.4. The van der Waals surface area contributed by atoms with E-state index in [-0.39, 0.29) is 0 Å². The predicted octanol–water partition coefficient (Wildman–Crippen LogP) is 2.84. The molecule has 0 aliphatic heterocycles. The van der Waals surface area contributed by atoms with E-state index in [0.717, 1.165) is 31.6 Å². The molecule has 3 atom stereocenters. The van der Waals surface area contributed by atoms with Crippen LogP contribution in [0.15, 0.2) is 0 Å². The summed E-state index contributed by atoms with van der Waals surface area (Å²) >= 11 is 0. The molecule has 0 heterocycles. The minimum Gasteiger partial charge on any atom is -0.382 e. The van der Waals surface area contributed by atoms with E-state index >= 15 is 0 Å². The Morgan fingerprint density at radius 2 is 2.00 bits per heavy atom. The van der Waals surface area contributed by atoms with E-state index in [4.69, 9.17) is 9.47 Å². The molecule has 18 heavy (non-hydrogen) atoms. The fraction of sp³-hybridized carbons (Fsp3) is 1.00. The average molecular weight is 257 g/mol. The molecule has 0 aromatic heterocycles. The van der Waals surface area contributed by atoms with Crippen LogP contribution in [0, 0.1) is 11.8 Å². The first-order valence-corrected chi connectivity index (χ1v) is 7.58. The monoisotopic (exact) mass is 257 g/mol. The lowest BCUT2D eigenvalue weighted by atomic mass is 9.77. The number of ether oxygens (including phenoxy) is 2. The minimum atomic E-state index is 0.707. The van der Waals surface area contributed by atoms with Crippen molar-refractivity contribution in [2.75, 3.05) is 33.5 Å². The zero-order valence-corrected chi connectivity index (χ0v) is 12.4. The standard InChI is InChI=1S/C15H31NO2/c1-4-8-16-15-6-5-13(2)12-14(15)7-9-18-11-10-17-3/h13-16H,4-12H2,1-3H3. The lowest BCUT2D eigenvalue weighted by molar-refractivity contribution is 0.0552. The number of hydrogen-bond acceptors (Lipinski definition) is 3. The Bertz CT molecular complexity index is 197. The van der Waals surface area contributed by atoms with Gasteiger partial charge in [-0.05, 0) is 50.5 Å². The summed E-state index contributed by atoms with van der Waals surface area (Å²) in [5, 5.41) is 3.71. The molecule has 1 aliphatic carbocycles. The van der Waals surface area contributed by atoms with Crippen molar-refractivity contribution in [1.29, 1.82) is 0 Å². The molecule has 0 amide bonds. The van der Waals surface area contributed by atoms with Gasteiger partial charge >= 0.3 is 0 Å². The molecule has 1 fully saturated rings. The quantitative estimate of drug-likeness (QED) is 0.644. The van der Waals surface area contributed by atoms with Gasteiger partial charge in [0.05, 0.1) is 13.2 Å². The largest absolute Gasteiger partial charge is 0.382 e.